The van der Waals surface area contributed by atoms with Crippen molar-refractivity contribution in [3.05, 3.63) is 46.0 Å². The number of hydrogen-bond donors (Lipinski definition) is 1. The Balaban J connectivity index is 1.78. The number of furan rings is 1. The molecule has 0 bridgehead atoms. The lowest BCUT2D eigenvalue weighted by molar-refractivity contribution is 0.0996. The molecule has 0 aliphatic heterocycles. The zero-order valence-corrected chi connectivity index (χ0v) is 12.6. The van der Waals surface area contributed by atoms with Crippen LogP contribution in [0.1, 0.15) is 21.0 Å². The summed E-state index contributed by atoms with van der Waals surface area (Å²) in [5.74, 6) is 0.0597. The van der Waals surface area contributed by atoms with E-state index in [0.29, 0.717) is 10.9 Å². The highest BCUT2D eigenvalue weighted by atomic mass is 32.1. The van der Waals surface area contributed by atoms with E-state index in [9.17, 15) is 4.79 Å². The minimum Gasteiger partial charge on any atom is -0.459 e. The summed E-state index contributed by atoms with van der Waals surface area (Å²) in [6.07, 6.45) is 1.51. The van der Waals surface area contributed by atoms with Gasteiger partial charge in [0.1, 0.15) is 0 Å². The van der Waals surface area contributed by atoms with Gasteiger partial charge >= 0.3 is 0 Å². The molecule has 0 spiro atoms. The van der Waals surface area contributed by atoms with E-state index in [0.717, 1.165) is 16.1 Å². The first-order valence-electron chi connectivity index (χ1n) is 6.01. The van der Waals surface area contributed by atoms with Gasteiger partial charge in [-0.3, -0.25) is 10.1 Å². The summed E-state index contributed by atoms with van der Waals surface area (Å²) in [6.45, 7) is 3.89. The summed E-state index contributed by atoms with van der Waals surface area (Å²) >= 11 is 3.09. The van der Waals surface area contributed by atoms with E-state index in [1.54, 1.807) is 17.4 Å². The molecule has 102 valence electrons. The molecule has 0 atom stereocenters. The Hall–Kier alpha value is -1.92. The molecule has 0 aliphatic carbocycles. The van der Waals surface area contributed by atoms with Crippen molar-refractivity contribution in [1.82, 2.24) is 4.98 Å². The minimum absolute atomic E-state index is 0.268. The summed E-state index contributed by atoms with van der Waals surface area (Å²) in [5, 5.41) is 5.28. The summed E-state index contributed by atoms with van der Waals surface area (Å²) in [7, 11) is 0. The number of hydrogen-bond acceptors (Lipinski definition) is 5. The molecule has 0 radical (unpaired) electrons. The molecule has 0 aliphatic rings. The number of nitrogens with one attached hydrogen (secondary N) is 1. The van der Waals surface area contributed by atoms with Gasteiger partial charge in [-0.25, -0.2) is 4.98 Å². The van der Waals surface area contributed by atoms with Crippen molar-refractivity contribution < 1.29 is 9.21 Å². The fourth-order valence-corrected chi connectivity index (χ4v) is 3.38. The second-order valence-electron chi connectivity index (χ2n) is 4.34. The topological polar surface area (TPSA) is 55.1 Å². The van der Waals surface area contributed by atoms with Gasteiger partial charge in [-0.05, 0) is 32.0 Å². The molecule has 3 heterocycles. The highest BCUT2D eigenvalue weighted by Crippen LogP contribution is 2.30. The van der Waals surface area contributed by atoms with Crippen LogP contribution in [-0.2, 0) is 0 Å². The molecular formula is C14H12N2O2S2. The van der Waals surface area contributed by atoms with E-state index >= 15 is 0 Å². The molecule has 0 aromatic carbocycles. The van der Waals surface area contributed by atoms with Gasteiger partial charge in [-0.15, -0.1) is 22.7 Å². The molecule has 0 saturated heterocycles. The Morgan fingerprint density at radius 1 is 1.30 bits per heavy atom. The average molecular weight is 304 g/mol. The maximum atomic E-state index is 12.0. The van der Waals surface area contributed by atoms with Crippen LogP contribution >= 0.6 is 22.7 Å². The first-order valence-corrected chi connectivity index (χ1v) is 7.71. The number of anilines is 1. The Morgan fingerprint density at radius 3 is 2.80 bits per heavy atom. The van der Waals surface area contributed by atoms with Gasteiger partial charge in [0, 0.05) is 15.8 Å². The van der Waals surface area contributed by atoms with E-state index in [-0.39, 0.29) is 5.91 Å². The van der Waals surface area contributed by atoms with E-state index in [4.69, 9.17) is 4.42 Å². The van der Waals surface area contributed by atoms with Crippen LogP contribution in [0.15, 0.2) is 34.3 Å². The number of aryl methyl sites for hydroxylation is 2. The van der Waals surface area contributed by atoms with Gasteiger partial charge in [0.2, 0.25) is 0 Å². The molecule has 20 heavy (non-hydrogen) atoms. The molecule has 3 aromatic rings. The van der Waals surface area contributed by atoms with Crippen molar-refractivity contribution in [3.63, 3.8) is 0 Å². The smallest absolute Gasteiger partial charge is 0.293 e. The van der Waals surface area contributed by atoms with Crippen LogP contribution in [0, 0.1) is 13.8 Å². The Morgan fingerprint density at radius 2 is 2.15 bits per heavy atom. The fraction of sp³-hybridized carbons (Fsp3) is 0.143. The summed E-state index contributed by atoms with van der Waals surface area (Å²) in [4.78, 5) is 18.8. The molecule has 0 saturated carbocycles. The van der Waals surface area contributed by atoms with E-state index in [1.165, 1.54) is 22.5 Å². The van der Waals surface area contributed by atoms with E-state index in [1.807, 2.05) is 18.4 Å². The van der Waals surface area contributed by atoms with Crippen molar-refractivity contribution in [3.8, 4) is 10.6 Å². The van der Waals surface area contributed by atoms with Gasteiger partial charge in [0.05, 0.1) is 16.8 Å². The van der Waals surface area contributed by atoms with Gasteiger partial charge in [0.25, 0.3) is 5.91 Å². The van der Waals surface area contributed by atoms with E-state index < -0.39 is 0 Å². The molecule has 3 rings (SSSR count). The van der Waals surface area contributed by atoms with Crippen LogP contribution in [0.3, 0.4) is 0 Å². The summed E-state index contributed by atoms with van der Waals surface area (Å²) < 4.78 is 5.16. The third-order valence-corrected chi connectivity index (χ3v) is 4.57. The van der Waals surface area contributed by atoms with Gasteiger partial charge < -0.3 is 4.42 Å². The van der Waals surface area contributed by atoms with Crippen molar-refractivity contribution in [2.24, 2.45) is 0 Å². The van der Waals surface area contributed by atoms with Crippen LogP contribution in [0.4, 0.5) is 5.13 Å². The quantitative estimate of drug-likeness (QED) is 0.783. The van der Waals surface area contributed by atoms with Crippen LogP contribution in [0.25, 0.3) is 10.6 Å². The first kappa shape index (κ1) is 13.1. The second-order valence-corrected chi connectivity index (χ2v) is 6.48. The standard InChI is InChI=1S/C14H12N2O2S2/c1-8-5-6-18-12(8)13(17)16-14-15-10(7-19-14)11-4-3-9(2)20-11/h3-7H,1-2H3,(H,15,16,17). The third kappa shape index (κ3) is 2.52. The maximum Gasteiger partial charge on any atom is 0.293 e. The number of nitrogens with zero attached hydrogens (tertiary/aromatic N) is 1. The van der Waals surface area contributed by atoms with E-state index in [2.05, 4.69) is 23.3 Å². The van der Waals surface area contributed by atoms with Crippen molar-refractivity contribution >= 4 is 33.7 Å². The lowest BCUT2D eigenvalue weighted by atomic mass is 10.3. The highest BCUT2D eigenvalue weighted by molar-refractivity contribution is 7.17. The highest BCUT2D eigenvalue weighted by Gasteiger charge is 2.15. The zero-order valence-electron chi connectivity index (χ0n) is 11.0. The largest absolute Gasteiger partial charge is 0.459 e. The van der Waals surface area contributed by atoms with Crippen LogP contribution in [0.5, 0.6) is 0 Å². The number of thiophene rings is 1. The predicted molar refractivity (Wildman–Crippen MR) is 81.6 cm³/mol. The minimum atomic E-state index is -0.268. The molecule has 1 N–H and O–H groups in total. The zero-order chi connectivity index (χ0) is 14.1. The van der Waals surface area contributed by atoms with Crippen LogP contribution in [-0.4, -0.2) is 10.9 Å². The summed E-state index contributed by atoms with van der Waals surface area (Å²) in [5.41, 5.74) is 1.70. The van der Waals surface area contributed by atoms with Crippen molar-refractivity contribution in [2.75, 3.05) is 5.32 Å². The normalized spacial score (nSPS) is 10.7. The lowest BCUT2D eigenvalue weighted by Crippen LogP contribution is -2.11. The second kappa shape index (κ2) is 5.22. The number of amides is 1. The van der Waals surface area contributed by atoms with Crippen LogP contribution < -0.4 is 5.32 Å². The Labute approximate surface area is 124 Å². The number of thiazole rings is 1. The van der Waals surface area contributed by atoms with Gasteiger partial charge in [-0.1, -0.05) is 0 Å². The fourth-order valence-electron chi connectivity index (χ4n) is 1.78. The Bertz CT molecular complexity index is 755. The maximum absolute atomic E-state index is 12.0. The number of carbonyl (C=O) groups is 1. The Kier molecular flexibility index (Phi) is 3.42. The molecule has 0 unspecified atom stereocenters. The molecular weight excluding hydrogens is 292 g/mol. The molecule has 0 fully saturated rings. The van der Waals surface area contributed by atoms with Gasteiger partial charge in [0.15, 0.2) is 10.9 Å². The molecule has 6 heteroatoms. The SMILES string of the molecule is Cc1ccc(-c2csc(NC(=O)c3occc3C)n2)s1. The molecule has 1 amide bonds. The lowest BCUT2D eigenvalue weighted by Gasteiger charge is -1.98. The summed E-state index contributed by atoms with van der Waals surface area (Å²) in [6, 6.07) is 5.86. The predicted octanol–water partition coefficient (Wildman–Crippen LogP) is 4.33. The monoisotopic (exact) mass is 304 g/mol. The third-order valence-electron chi connectivity index (χ3n) is 2.79. The molecule has 4 nitrogen and oxygen atoms in total. The number of carbonyl (C=O) groups excluding carboxylic acids is 1. The van der Waals surface area contributed by atoms with Crippen LogP contribution in [0.2, 0.25) is 0 Å². The number of rotatable bonds is 3. The first-order chi connectivity index (χ1) is 9.63. The van der Waals surface area contributed by atoms with Crippen molar-refractivity contribution in [1.29, 1.82) is 0 Å². The molecule has 3 aromatic heterocycles. The number of aromatic nitrogens is 1. The van der Waals surface area contributed by atoms with Gasteiger partial charge in [-0.2, -0.15) is 0 Å². The van der Waals surface area contributed by atoms with Crippen molar-refractivity contribution in [2.45, 2.75) is 13.8 Å². The average Bonchev–Trinajstić information content (AvgIpc) is 3.10.